The predicted molar refractivity (Wildman–Crippen MR) is 65.1 cm³/mol. The summed E-state index contributed by atoms with van der Waals surface area (Å²) in [7, 11) is 0. The number of ketones is 1. The Kier molecular flexibility index (Phi) is 2.46. The molecule has 3 nitrogen and oxygen atoms in total. The van der Waals surface area contributed by atoms with E-state index in [0.717, 1.165) is 23.2 Å². The number of fused-ring (bicyclic) bond motifs is 1. The summed E-state index contributed by atoms with van der Waals surface area (Å²) in [5, 5.41) is 2.83. The Morgan fingerprint density at radius 2 is 2.12 bits per heavy atom. The van der Waals surface area contributed by atoms with E-state index >= 15 is 0 Å². The molecule has 0 aromatic heterocycles. The fourth-order valence-corrected chi connectivity index (χ4v) is 2.26. The summed E-state index contributed by atoms with van der Waals surface area (Å²) in [5.41, 5.74) is 2.75. The summed E-state index contributed by atoms with van der Waals surface area (Å²) in [6.07, 6.45) is 4.35. The van der Waals surface area contributed by atoms with E-state index in [4.69, 9.17) is 0 Å². The first-order valence-corrected chi connectivity index (χ1v) is 6.18. The molecule has 0 radical (unpaired) electrons. The minimum Gasteiger partial charge on any atom is -0.326 e. The number of rotatable bonds is 3. The number of carbonyl (C=O) groups excluding carboxylic acids is 2. The molecule has 0 spiro atoms. The third-order valence-electron chi connectivity index (χ3n) is 3.49. The van der Waals surface area contributed by atoms with E-state index in [1.54, 1.807) is 0 Å². The molecule has 0 bridgehead atoms. The van der Waals surface area contributed by atoms with Crippen molar-refractivity contribution in [2.45, 2.75) is 32.1 Å². The van der Waals surface area contributed by atoms with Gasteiger partial charge in [0.2, 0.25) is 5.91 Å². The van der Waals surface area contributed by atoms with Crippen molar-refractivity contribution >= 4 is 17.4 Å². The number of anilines is 1. The van der Waals surface area contributed by atoms with Gasteiger partial charge in [-0.3, -0.25) is 9.59 Å². The van der Waals surface area contributed by atoms with Crippen LogP contribution < -0.4 is 5.32 Å². The van der Waals surface area contributed by atoms with E-state index in [9.17, 15) is 9.59 Å². The van der Waals surface area contributed by atoms with Crippen molar-refractivity contribution in [3.8, 4) is 0 Å². The van der Waals surface area contributed by atoms with Crippen LogP contribution in [0, 0.1) is 5.92 Å². The van der Waals surface area contributed by atoms with Crippen LogP contribution in [-0.4, -0.2) is 11.7 Å². The van der Waals surface area contributed by atoms with Crippen LogP contribution >= 0.6 is 0 Å². The average molecular weight is 229 g/mol. The van der Waals surface area contributed by atoms with Crippen LogP contribution in [-0.2, 0) is 11.2 Å². The minimum atomic E-state index is 0.0644. The first kappa shape index (κ1) is 10.5. The first-order chi connectivity index (χ1) is 8.22. The van der Waals surface area contributed by atoms with Crippen LogP contribution in [0.4, 0.5) is 5.69 Å². The van der Waals surface area contributed by atoms with Gasteiger partial charge in [-0.25, -0.2) is 0 Å². The van der Waals surface area contributed by atoms with Crippen LogP contribution in [0.1, 0.15) is 41.6 Å². The number of hydrogen-bond acceptors (Lipinski definition) is 2. The van der Waals surface area contributed by atoms with Gasteiger partial charge in [0, 0.05) is 24.1 Å². The van der Waals surface area contributed by atoms with Gasteiger partial charge in [-0.1, -0.05) is 0 Å². The lowest BCUT2D eigenvalue weighted by Gasteiger charge is -2.17. The highest BCUT2D eigenvalue weighted by atomic mass is 16.1. The Labute approximate surface area is 100 Å². The lowest BCUT2D eigenvalue weighted by Crippen LogP contribution is -2.19. The second-order valence-electron chi connectivity index (χ2n) is 4.99. The van der Waals surface area contributed by atoms with Crippen molar-refractivity contribution in [3.05, 3.63) is 29.3 Å². The summed E-state index contributed by atoms with van der Waals surface area (Å²) in [6.45, 7) is 0. The Hall–Kier alpha value is -1.64. The molecule has 1 aromatic carbocycles. The fraction of sp³-hybridized carbons (Fsp3) is 0.429. The van der Waals surface area contributed by atoms with E-state index in [0.29, 0.717) is 18.8 Å². The molecule has 0 atom stereocenters. The largest absolute Gasteiger partial charge is 0.326 e. The summed E-state index contributed by atoms with van der Waals surface area (Å²) < 4.78 is 0. The molecule has 1 aliphatic heterocycles. The lowest BCUT2D eigenvalue weighted by molar-refractivity contribution is -0.116. The van der Waals surface area contributed by atoms with Crippen molar-refractivity contribution in [1.29, 1.82) is 0 Å². The SMILES string of the molecule is O=C1CCc2cc(C(=O)CC3CC3)ccc2N1. The molecule has 3 heteroatoms. The summed E-state index contributed by atoms with van der Waals surface area (Å²) >= 11 is 0. The third-order valence-corrected chi connectivity index (χ3v) is 3.49. The second-order valence-corrected chi connectivity index (χ2v) is 4.99. The smallest absolute Gasteiger partial charge is 0.224 e. The highest BCUT2D eigenvalue weighted by Crippen LogP contribution is 2.34. The third kappa shape index (κ3) is 2.23. The number of aryl methyl sites for hydroxylation is 1. The summed E-state index contributed by atoms with van der Waals surface area (Å²) in [6, 6.07) is 5.63. The molecule has 1 N–H and O–H groups in total. The van der Waals surface area contributed by atoms with Crippen LogP contribution in [0.15, 0.2) is 18.2 Å². The number of hydrogen-bond donors (Lipinski definition) is 1. The highest BCUT2D eigenvalue weighted by molar-refractivity contribution is 5.99. The Morgan fingerprint density at radius 1 is 1.29 bits per heavy atom. The highest BCUT2D eigenvalue weighted by Gasteiger charge is 2.25. The van der Waals surface area contributed by atoms with Crippen LogP contribution in [0.5, 0.6) is 0 Å². The summed E-state index contributed by atoms with van der Waals surface area (Å²) in [5.74, 6) is 0.931. The standard InChI is InChI=1S/C14H15NO2/c16-13(7-9-1-2-9)11-3-5-12-10(8-11)4-6-14(17)15-12/h3,5,8-9H,1-2,4,6-7H2,(H,15,17). The van der Waals surface area contributed by atoms with Gasteiger partial charge in [0.1, 0.15) is 0 Å². The van der Waals surface area contributed by atoms with Gasteiger partial charge < -0.3 is 5.32 Å². The van der Waals surface area contributed by atoms with Crippen molar-refractivity contribution < 1.29 is 9.59 Å². The van der Waals surface area contributed by atoms with Crippen molar-refractivity contribution in [3.63, 3.8) is 0 Å². The quantitative estimate of drug-likeness (QED) is 0.810. The van der Waals surface area contributed by atoms with Crippen LogP contribution in [0.3, 0.4) is 0 Å². The summed E-state index contributed by atoms with van der Waals surface area (Å²) in [4.78, 5) is 23.2. The minimum absolute atomic E-state index is 0.0644. The Morgan fingerprint density at radius 3 is 2.88 bits per heavy atom. The predicted octanol–water partition coefficient (Wildman–Crippen LogP) is 2.55. The van der Waals surface area contributed by atoms with Gasteiger partial charge in [0.25, 0.3) is 0 Å². The molecule has 1 saturated carbocycles. The van der Waals surface area contributed by atoms with Gasteiger partial charge in [0.05, 0.1) is 0 Å². The number of amides is 1. The first-order valence-electron chi connectivity index (χ1n) is 6.18. The fourth-order valence-electron chi connectivity index (χ4n) is 2.26. The molecular formula is C14H15NO2. The van der Waals surface area contributed by atoms with Gasteiger partial charge in [-0.2, -0.15) is 0 Å². The molecule has 88 valence electrons. The van der Waals surface area contributed by atoms with E-state index in [2.05, 4.69) is 5.32 Å². The number of benzene rings is 1. The van der Waals surface area contributed by atoms with E-state index in [1.807, 2.05) is 18.2 Å². The lowest BCUT2D eigenvalue weighted by atomic mass is 9.97. The zero-order valence-corrected chi connectivity index (χ0v) is 9.66. The molecule has 0 saturated heterocycles. The van der Waals surface area contributed by atoms with Gasteiger partial charge >= 0.3 is 0 Å². The van der Waals surface area contributed by atoms with Gasteiger partial charge in [0.15, 0.2) is 5.78 Å². The monoisotopic (exact) mass is 229 g/mol. The molecule has 2 aliphatic rings. The maximum atomic E-state index is 12.0. The van der Waals surface area contributed by atoms with E-state index < -0.39 is 0 Å². The van der Waals surface area contributed by atoms with Crippen LogP contribution in [0.2, 0.25) is 0 Å². The molecule has 0 unspecified atom stereocenters. The van der Waals surface area contributed by atoms with Crippen molar-refractivity contribution in [1.82, 2.24) is 0 Å². The van der Waals surface area contributed by atoms with Gasteiger partial charge in [-0.15, -0.1) is 0 Å². The molecule has 1 amide bonds. The van der Waals surface area contributed by atoms with Crippen molar-refractivity contribution in [2.75, 3.05) is 5.32 Å². The van der Waals surface area contributed by atoms with Gasteiger partial charge in [-0.05, 0) is 48.9 Å². The molecule has 1 aromatic rings. The Balaban J connectivity index is 1.82. The maximum absolute atomic E-state index is 12.0. The van der Waals surface area contributed by atoms with E-state index in [1.165, 1.54) is 12.8 Å². The molecule has 1 aliphatic carbocycles. The molecule has 1 heterocycles. The topological polar surface area (TPSA) is 46.2 Å². The number of carbonyl (C=O) groups is 2. The van der Waals surface area contributed by atoms with E-state index in [-0.39, 0.29) is 11.7 Å². The average Bonchev–Trinajstić information content (AvgIpc) is 3.12. The van der Waals surface area contributed by atoms with Crippen LogP contribution in [0.25, 0.3) is 0 Å². The number of Topliss-reactive ketones (excluding diaryl/α,β-unsaturated/α-hetero) is 1. The molecule has 3 rings (SSSR count). The zero-order valence-electron chi connectivity index (χ0n) is 9.66. The van der Waals surface area contributed by atoms with Crippen molar-refractivity contribution in [2.24, 2.45) is 5.92 Å². The zero-order chi connectivity index (χ0) is 11.8. The molecular weight excluding hydrogens is 214 g/mol. The Bertz CT molecular complexity index is 489. The molecule has 17 heavy (non-hydrogen) atoms. The number of nitrogens with one attached hydrogen (secondary N) is 1. The maximum Gasteiger partial charge on any atom is 0.224 e. The molecule has 1 fully saturated rings. The second kappa shape index (κ2) is 3.99. The normalized spacial score (nSPS) is 18.5.